The molecule has 1 N–H and O–H groups in total. The van der Waals surface area contributed by atoms with Crippen LogP contribution >= 0.6 is 0 Å². The third-order valence-electron chi connectivity index (χ3n) is 15.1. The van der Waals surface area contributed by atoms with Crippen LogP contribution in [-0.4, -0.2) is 23.1 Å². The maximum Gasteiger partial charge on any atom is 0.344 e. The summed E-state index contributed by atoms with van der Waals surface area (Å²) in [7, 11) is 0. The summed E-state index contributed by atoms with van der Waals surface area (Å²) >= 11 is 0. The van der Waals surface area contributed by atoms with Gasteiger partial charge in [-0.25, -0.2) is 26.7 Å². The Balaban J connectivity index is 1.29. The van der Waals surface area contributed by atoms with Crippen molar-refractivity contribution in [3.8, 4) is 0 Å². The van der Waals surface area contributed by atoms with Gasteiger partial charge in [-0.15, -0.1) is 0 Å². The van der Waals surface area contributed by atoms with Gasteiger partial charge in [0.25, 0.3) is 0 Å². The topological polar surface area (TPSA) is 63.6 Å². The van der Waals surface area contributed by atoms with Crippen LogP contribution < -0.4 is 0 Å². The number of carbonyl (C=O) groups is 2. The van der Waals surface area contributed by atoms with Crippen LogP contribution in [0, 0.1) is 85.8 Å². The number of fused-ring (bicyclic) bond motifs is 7. The van der Waals surface area contributed by atoms with E-state index in [2.05, 4.69) is 27.4 Å². The highest BCUT2D eigenvalue weighted by atomic mass is 19.2. The maximum atomic E-state index is 14.5. The molecule has 5 aliphatic carbocycles. The van der Waals surface area contributed by atoms with Crippen LogP contribution in [0.1, 0.15) is 116 Å². The summed E-state index contributed by atoms with van der Waals surface area (Å²) in [6, 6.07) is 0. The smallest absolute Gasteiger partial charge is 0.344 e. The lowest BCUT2D eigenvalue weighted by Crippen LogP contribution is -2.67. The number of hydrogen-bond donors (Lipinski definition) is 1. The minimum absolute atomic E-state index is 0.0525. The molecule has 4 nitrogen and oxygen atoms in total. The van der Waals surface area contributed by atoms with Crippen LogP contribution in [0.25, 0.3) is 0 Å². The van der Waals surface area contributed by atoms with Crippen LogP contribution in [0.3, 0.4) is 0 Å². The number of allylic oxidation sites excluding steroid dienone is 1. The predicted molar refractivity (Wildman–Crippen MR) is 162 cm³/mol. The van der Waals surface area contributed by atoms with E-state index in [4.69, 9.17) is 4.74 Å². The van der Waals surface area contributed by atoms with Crippen molar-refractivity contribution < 1.29 is 41.4 Å². The lowest BCUT2D eigenvalue weighted by atomic mass is 9.32. The molecule has 5 saturated carbocycles. The molecule has 0 aliphatic heterocycles. The van der Waals surface area contributed by atoms with Gasteiger partial charge in [0.2, 0.25) is 5.82 Å². The standard InChI is InChI=1S/C37H47F5O4/c1-18(2)19-10-15-37(32(44)45)17-16-35(6)20(25(19)37)8-9-22-34(5)13-12-23(33(3,4)21(34)11-14-36(22,35)7)46-31(43)24-26(38)28(40)30(42)29(41)27(24)39/h19-23,25H,1,8-17H2,2-7H3,(H,44,45)/t19-,20+,21-,22+,23-,25+,34-,35+,36+,37-/m0/s1. The minimum atomic E-state index is -2.32. The van der Waals surface area contributed by atoms with E-state index < -0.39 is 63.5 Å². The molecule has 0 radical (unpaired) electrons. The summed E-state index contributed by atoms with van der Waals surface area (Å²) in [4.78, 5) is 25.9. The highest BCUT2D eigenvalue weighted by Gasteiger charge is 2.72. The van der Waals surface area contributed by atoms with Crippen LogP contribution in [0.15, 0.2) is 12.2 Å². The Labute approximate surface area is 268 Å². The molecule has 0 bridgehead atoms. The van der Waals surface area contributed by atoms with Gasteiger partial charge in [0.05, 0.1) is 5.41 Å². The molecule has 0 unspecified atom stereocenters. The van der Waals surface area contributed by atoms with E-state index in [1.165, 1.54) is 0 Å². The second-order valence-electron chi connectivity index (χ2n) is 16.8. The number of carboxylic acids is 1. The Hall–Kier alpha value is -2.45. The second kappa shape index (κ2) is 10.5. The molecule has 0 saturated heterocycles. The van der Waals surface area contributed by atoms with E-state index in [0.717, 1.165) is 44.1 Å². The first-order chi connectivity index (χ1) is 21.3. The largest absolute Gasteiger partial charge is 0.481 e. The monoisotopic (exact) mass is 650 g/mol. The minimum Gasteiger partial charge on any atom is -0.481 e. The van der Waals surface area contributed by atoms with Crippen molar-refractivity contribution in [2.45, 2.75) is 112 Å². The zero-order valence-corrected chi connectivity index (χ0v) is 27.8. The molecule has 0 amide bonds. The number of hydrogen-bond acceptors (Lipinski definition) is 3. The number of esters is 1. The van der Waals surface area contributed by atoms with Crippen LogP contribution in [0.5, 0.6) is 0 Å². The second-order valence-corrected chi connectivity index (χ2v) is 16.8. The van der Waals surface area contributed by atoms with E-state index in [1.54, 1.807) is 0 Å². The fraction of sp³-hybridized carbons (Fsp3) is 0.730. The molecule has 0 aromatic heterocycles. The summed E-state index contributed by atoms with van der Waals surface area (Å²) in [5.41, 5.74) is -2.07. The SMILES string of the molecule is C=C(C)[C@@H]1CC[C@]2(C(=O)O)CC[C@]3(C)[C@H](CC[C@@H]4[C@@]5(C)CC[C@H](OC(=O)c6c(F)c(F)c(F)c(F)c6F)C(C)(C)[C@@H]5CC[C@]43C)[C@@H]12. The van der Waals surface area contributed by atoms with Gasteiger partial charge in [0.1, 0.15) is 11.7 Å². The van der Waals surface area contributed by atoms with Crippen molar-refractivity contribution in [2.24, 2.45) is 56.7 Å². The lowest BCUT2D eigenvalue weighted by Gasteiger charge is -2.72. The number of halogens is 5. The quantitative estimate of drug-likeness (QED) is 0.116. The van der Waals surface area contributed by atoms with Gasteiger partial charge in [0.15, 0.2) is 23.3 Å². The molecular weight excluding hydrogens is 603 g/mol. The molecule has 1 aromatic carbocycles. The third-order valence-corrected chi connectivity index (χ3v) is 15.1. The zero-order chi connectivity index (χ0) is 33.9. The first-order valence-corrected chi connectivity index (χ1v) is 16.9. The van der Waals surface area contributed by atoms with E-state index in [-0.39, 0.29) is 39.9 Å². The molecule has 10 atom stereocenters. The first kappa shape index (κ1) is 33.5. The highest BCUT2D eigenvalue weighted by molar-refractivity contribution is 5.90. The van der Waals surface area contributed by atoms with E-state index >= 15 is 0 Å². The van der Waals surface area contributed by atoms with Gasteiger partial charge in [-0.3, -0.25) is 4.79 Å². The van der Waals surface area contributed by atoms with E-state index in [0.29, 0.717) is 31.6 Å². The average molecular weight is 651 g/mol. The highest BCUT2D eigenvalue weighted by Crippen LogP contribution is 2.77. The Morgan fingerprint density at radius 1 is 0.739 bits per heavy atom. The van der Waals surface area contributed by atoms with Crippen molar-refractivity contribution >= 4 is 11.9 Å². The average Bonchev–Trinajstić information content (AvgIpc) is 3.39. The molecule has 6 rings (SSSR count). The van der Waals surface area contributed by atoms with Crippen LogP contribution in [0.2, 0.25) is 0 Å². The van der Waals surface area contributed by atoms with E-state index in [9.17, 15) is 36.6 Å². The fourth-order valence-corrected chi connectivity index (χ4v) is 12.7. The van der Waals surface area contributed by atoms with Crippen molar-refractivity contribution in [1.29, 1.82) is 0 Å². The normalized spacial score (nSPS) is 42.7. The van der Waals surface area contributed by atoms with Crippen molar-refractivity contribution in [3.05, 3.63) is 46.8 Å². The first-order valence-electron chi connectivity index (χ1n) is 16.9. The molecule has 9 heteroatoms. The summed E-state index contributed by atoms with van der Waals surface area (Å²) in [5, 5.41) is 10.6. The maximum absolute atomic E-state index is 14.5. The molecule has 0 heterocycles. The van der Waals surface area contributed by atoms with Crippen LogP contribution in [0.4, 0.5) is 22.0 Å². The third kappa shape index (κ3) is 4.13. The fourth-order valence-electron chi connectivity index (χ4n) is 12.7. The number of carbonyl (C=O) groups excluding carboxylic acids is 1. The van der Waals surface area contributed by atoms with E-state index in [1.807, 2.05) is 20.8 Å². The molecule has 0 spiro atoms. The van der Waals surface area contributed by atoms with Gasteiger partial charge in [-0.2, -0.15) is 0 Å². The summed E-state index contributed by atoms with van der Waals surface area (Å²) in [6.45, 7) is 17.5. The van der Waals surface area contributed by atoms with Gasteiger partial charge in [0, 0.05) is 5.41 Å². The molecule has 1 aromatic rings. The zero-order valence-electron chi connectivity index (χ0n) is 27.8. The summed E-state index contributed by atoms with van der Waals surface area (Å²) in [5.74, 6) is -12.3. The molecular formula is C37H47F5O4. The van der Waals surface area contributed by atoms with Gasteiger partial charge < -0.3 is 9.84 Å². The number of rotatable bonds is 4. The number of ether oxygens (including phenoxy) is 1. The number of benzene rings is 1. The summed E-state index contributed by atoms with van der Waals surface area (Å²) < 4.78 is 76.0. The van der Waals surface area contributed by atoms with Gasteiger partial charge in [-0.1, -0.05) is 46.8 Å². The van der Waals surface area contributed by atoms with Crippen molar-refractivity contribution in [1.82, 2.24) is 0 Å². The van der Waals surface area contributed by atoms with Crippen molar-refractivity contribution in [2.75, 3.05) is 0 Å². The predicted octanol–water partition coefficient (Wildman–Crippen LogP) is 9.65. The Morgan fingerprint density at radius 3 is 1.93 bits per heavy atom. The number of carboxylic acid groups (broad SMARTS) is 1. The number of aliphatic carboxylic acids is 1. The molecule has 46 heavy (non-hydrogen) atoms. The Bertz CT molecular complexity index is 1480. The molecule has 5 fully saturated rings. The van der Waals surface area contributed by atoms with Crippen molar-refractivity contribution in [3.63, 3.8) is 0 Å². The van der Waals surface area contributed by atoms with Gasteiger partial charge in [-0.05, 0) is 117 Å². The van der Waals surface area contributed by atoms with Gasteiger partial charge >= 0.3 is 11.9 Å². The lowest BCUT2D eigenvalue weighted by molar-refractivity contribution is -0.248. The molecule has 5 aliphatic rings. The van der Waals surface area contributed by atoms with Crippen LogP contribution in [-0.2, 0) is 9.53 Å². The summed E-state index contributed by atoms with van der Waals surface area (Å²) in [6.07, 6.45) is 7.08. The Kier molecular flexibility index (Phi) is 7.65. The Morgan fingerprint density at radius 2 is 1.35 bits per heavy atom. The molecule has 254 valence electrons.